The fraction of sp³-hybridized carbons (Fsp3) is 0.190. The number of benzene rings is 2. The molecule has 1 heterocycles. The van der Waals surface area contributed by atoms with Crippen LogP contribution in [0.15, 0.2) is 59.6 Å². The SMILES string of the molecule is Nc1ncc(CCCCc2ccc(NC(=O)c3ccc(S(=O)(=O)F)cc3)cc2)c(N)n1.O=S(=O)(O)O. The quantitative estimate of drug-likeness (QED) is 0.158. The van der Waals surface area contributed by atoms with Crippen LogP contribution >= 0.6 is 0 Å². The minimum atomic E-state index is -4.79. The normalized spacial score (nSPS) is 11.3. The highest BCUT2D eigenvalue weighted by Gasteiger charge is 2.13. The molecule has 1 aromatic heterocycles. The van der Waals surface area contributed by atoms with Crippen molar-refractivity contribution in [2.45, 2.75) is 30.6 Å². The fourth-order valence-electron chi connectivity index (χ4n) is 3.00. The molecule has 0 bridgehead atoms. The molecule has 1 amide bonds. The second kappa shape index (κ2) is 12.3. The Kier molecular flexibility index (Phi) is 9.80. The molecule has 3 aromatic rings. The standard InChI is InChI=1S/C21H22FN5O3S.H2O4S/c22-31(29,30)18-11-7-15(8-12-18)20(28)26-17-9-5-14(6-10-17)3-1-2-4-16-13-25-21(24)27-19(16)23;1-5(2,3)4/h5-13H,1-4H2,(H,26,28)(H4,23,24,25,27);(H2,1,2,3,4). The minimum absolute atomic E-state index is 0.165. The number of nitrogens with one attached hydrogen (secondary N) is 1. The lowest BCUT2D eigenvalue weighted by molar-refractivity contribution is 0.102. The van der Waals surface area contributed by atoms with E-state index in [4.69, 9.17) is 29.0 Å². The molecular formula is C21H24FN5O7S2. The zero-order valence-corrected chi connectivity index (χ0v) is 20.3. The molecule has 0 aliphatic carbocycles. The lowest BCUT2D eigenvalue weighted by Crippen LogP contribution is -2.12. The van der Waals surface area contributed by atoms with Gasteiger partial charge >= 0.3 is 20.6 Å². The van der Waals surface area contributed by atoms with Crippen LogP contribution in [0.25, 0.3) is 0 Å². The summed E-state index contributed by atoms with van der Waals surface area (Å²) in [6.45, 7) is 0. The van der Waals surface area contributed by atoms with Crippen molar-refractivity contribution in [3.8, 4) is 0 Å². The molecule has 12 nitrogen and oxygen atoms in total. The number of anilines is 3. The number of unbranched alkanes of at least 4 members (excludes halogenated alkanes) is 1. The van der Waals surface area contributed by atoms with Crippen LogP contribution in [0.1, 0.15) is 34.3 Å². The van der Waals surface area contributed by atoms with Crippen LogP contribution in [0, 0.1) is 0 Å². The summed E-state index contributed by atoms with van der Waals surface area (Å²) in [5, 5.41) is 2.72. The molecule has 0 aliphatic heterocycles. The third-order valence-electron chi connectivity index (χ3n) is 4.69. The predicted molar refractivity (Wildman–Crippen MR) is 131 cm³/mol. The van der Waals surface area contributed by atoms with Crippen molar-refractivity contribution in [1.82, 2.24) is 9.97 Å². The van der Waals surface area contributed by atoms with Crippen molar-refractivity contribution < 1.29 is 34.6 Å². The summed E-state index contributed by atoms with van der Waals surface area (Å²) < 4.78 is 66.2. The molecule has 36 heavy (non-hydrogen) atoms. The maximum atomic E-state index is 12.9. The first kappa shape index (κ1) is 28.6. The Balaban J connectivity index is 0.000000830. The Morgan fingerprint density at radius 2 is 1.47 bits per heavy atom. The number of carbonyl (C=O) groups is 1. The maximum Gasteiger partial charge on any atom is 0.394 e. The summed E-state index contributed by atoms with van der Waals surface area (Å²) in [5.74, 6) is 0.158. The third-order valence-corrected chi connectivity index (χ3v) is 5.52. The van der Waals surface area contributed by atoms with Crippen molar-refractivity contribution in [3.05, 3.63) is 71.4 Å². The average Bonchev–Trinajstić information content (AvgIpc) is 2.77. The van der Waals surface area contributed by atoms with Crippen molar-refractivity contribution in [2.75, 3.05) is 16.8 Å². The number of nitrogen functional groups attached to an aromatic ring is 2. The lowest BCUT2D eigenvalue weighted by Gasteiger charge is -2.08. The summed E-state index contributed by atoms with van der Waals surface area (Å²) in [6.07, 6.45) is 5.14. The molecule has 7 N–H and O–H groups in total. The van der Waals surface area contributed by atoms with Crippen LogP contribution < -0.4 is 16.8 Å². The zero-order valence-electron chi connectivity index (χ0n) is 18.7. The van der Waals surface area contributed by atoms with E-state index in [1.807, 2.05) is 12.1 Å². The first-order valence-corrected chi connectivity index (χ1v) is 13.0. The Morgan fingerprint density at radius 1 is 0.917 bits per heavy atom. The maximum absolute atomic E-state index is 12.9. The van der Waals surface area contributed by atoms with Gasteiger partial charge in [-0.25, -0.2) is 4.98 Å². The van der Waals surface area contributed by atoms with Gasteiger partial charge in [-0.3, -0.25) is 13.9 Å². The Hall–Kier alpha value is -3.66. The van der Waals surface area contributed by atoms with Gasteiger partial charge < -0.3 is 16.8 Å². The highest BCUT2D eigenvalue weighted by Crippen LogP contribution is 2.17. The van der Waals surface area contributed by atoms with Crippen LogP contribution in [0.2, 0.25) is 0 Å². The van der Waals surface area contributed by atoms with Gasteiger partial charge in [0, 0.05) is 23.0 Å². The minimum Gasteiger partial charge on any atom is -0.383 e. The summed E-state index contributed by atoms with van der Waals surface area (Å²) in [6, 6.07) is 12.1. The van der Waals surface area contributed by atoms with Gasteiger partial charge in [0.2, 0.25) is 5.95 Å². The van der Waals surface area contributed by atoms with Crippen molar-refractivity contribution >= 4 is 44.0 Å². The Bertz CT molecular complexity index is 1390. The van der Waals surface area contributed by atoms with Crippen LogP contribution in [0.5, 0.6) is 0 Å². The van der Waals surface area contributed by atoms with E-state index in [9.17, 15) is 17.1 Å². The molecule has 0 fully saturated rings. The summed E-state index contributed by atoms with van der Waals surface area (Å²) in [4.78, 5) is 19.7. The monoisotopic (exact) mass is 541 g/mol. The third kappa shape index (κ3) is 10.3. The summed E-state index contributed by atoms with van der Waals surface area (Å²) in [5.41, 5.74) is 14.1. The van der Waals surface area contributed by atoms with Gasteiger partial charge in [-0.05, 0) is 67.6 Å². The molecule has 0 unspecified atom stereocenters. The van der Waals surface area contributed by atoms with Gasteiger partial charge in [0.15, 0.2) is 0 Å². The highest BCUT2D eigenvalue weighted by atomic mass is 32.3. The van der Waals surface area contributed by atoms with Gasteiger partial charge in [0.05, 0.1) is 4.90 Å². The van der Waals surface area contributed by atoms with E-state index in [0.717, 1.165) is 48.9 Å². The van der Waals surface area contributed by atoms with Gasteiger partial charge in [-0.1, -0.05) is 12.1 Å². The number of halogens is 1. The summed E-state index contributed by atoms with van der Waals surface area (Å²) in [7, 11) is -9.45. The Morgan fingerprint density at radius 3 is 2.00 bits per heavy atom. The fourth-order valence-corrected chi connectivity index (χ4v) is 3.46. The van der Waals surface area contributed by atoms with Gasteiger partial charge in [0.25, 0.3) is 5.91 Å². The molecule has 0 radical (unpaired) electrons. The molecule has 0 saturated carbocycles. The molecule has 15 heteroatoms. The number of carbonyl (C=O) groups excluding carboxylic acids is 1. The van der Waals surface area contributed by atoms with Crippen molar-refractivity contribution in [3.63, 3.8) is 0 Å². The predicted octanol–water partition coefficient (Wildman–Crippen LogP) is 2.46. The van der Waals surface area contributed by atoms with Crippen LogP contribution in [0.4, 0.5) is 21.3 Å². The van der Waals surface area contributed by atoms with E-state index in [-0.39, 0.29) is 11.5 Å². The topological polar surface area (TPSA) is 216 Å². The lowest BCUT2D eigenvalue weighted by atomic mass is 10.0. The van der Waals surface area contributed by atoms with Gasteiger partial charge in [-0.15, -0.1) is 3.89 Å². The van der Waals surface area contributed by atoms with Gasteiger partial charge in [0.1, 0.15) is 5.82 Å². The number of amides is 1. The molecule has 0 aliphatic rings. The first-order valence-electron chi connectivity index (χ1n) is 10.2. The molecule has 194 valence electrons. The molecule has 2 aromatic carbocycles. The Labute approximate surface area is 207 Å². The highest BCUT2D eigenvalue weighted by molar-refractivity contribution is 7.86. The molecule has 0 spiro atoms. The van der Waals surface area contributed by atoms with E-state index in [2.05, 4.69) is 15.3 Å². The van der Waals surface area contributed by atoms with E-state index in [1.165, 1.54) is 12.1 Å². The van der Waals surface area contributed by atoms with E-state index < -0.39 is 31.4 Å². The first-order chi connectivity index (χ1) is 16.7. The smallest absolute Gasteiger partial charge is 0.383 e. The number of rotatable bonds is 8. The van der Waals surface area contributed by atoms with E-state index in [0.29, 0.717) is 11.5 Å². The molecule has 0 atom stereocenters. The molecule has 0 saturated heterocycles. The average molecular weight is 542 g/mol. The second-order valence-corrected chi connectivity index (χ2v) is 9.65. The molecule has 3 rings (SSSR count). The number of nitrogens with two attached hydrogens (primary N) is 2. The number of hydrogen-bond donors (Lipinski definition) is 5. The molecular weight excluding hydrogens is 517 g/mol. The number of aryl methyl sites for hydroxylation is 2. The van der Waals surface area contributed by atoms with Crippen molar-refractivity contribution in [2.24, 2.45) is 0 Å². The van der Waals surface area contributed by atoms with Gasteiger partial charge in [-0.2, -0.15) is 21.8 Å². The van der Waals surface area contributed by atoms with Crippen LogP contribution in [-0.2, 0) is 33.5 Å². The van der Waals surface area contributed by atoms with E-state index >= 15 is 0 Å². The van der Waals surface area contributed by atoms with Crippen LogP contribution in [0.3, 0.4) is 0 Å². The van der Waals surface area contributed by atoms with Crippen LogP contribution in [-0.4, -0.2) is 41.8 Å². The zero-order chi connectivity index (χ0) is 26.9. The number of hydrogen-bond acceptors (Lipinski definition) is 9. The number of nitrogens with zero attached hydrogens (tertiary/aromatic N) is 2. The largest absolute Gasteiger partial charge is 0.394 e. The second-order valence-electron chi connectivity index (χ2n) is 7.41. The van der Waals surface area contributed by atoms with Crippen molar-refractivity contribution in [1.29, 1.82) is 0 Å². The van der Waals surface area contributed by atoms with E-state index in [1.54, 1.807) is 18.3 Å². The summed E-state index contributed by atoms with van der Waals surface area (Å²) >= 11 is 0. The number of aromatic nitrogens is 2.